The molecule has 0 bridgehead atoms. The van der Waals surface area contributed by atoms with Gasteiger partial charge >= 0.3 is 6.09 Å². The monoisotopic (exact) mass is 397 g/mol. The van der Waals surface area contributed by atoms with Gasteiger partial charge in [0.1, 0.15) is 17.9 Å². The Labute approximate surface area is 165 Å². The fourth-order valence-electron chi connectivity index (χ4n) is 2.92. The molecule has 1 aliphatic rings. The van der Waals surface area contributed by atoms with Crippen molar-refractivity contribution in [3.8, 4) is 5.75 Å². The molecule has 1 aliphatic heterocycles. The minimum Gasteiger partial charge on any atom is -0.481 e. The van der Waals surface area contributed by atoms with E-state index in [1.54, 1.807) is 48.7 Å². The van der Waals surface area contributed by atoms with Crippen LogP contribution in [0.25, 0.3) is 10.9 Å². The van der Waals surface area contributed by atoms with Gasteiger partial charge in [-0.25, -0.2) is 4.79 Å². The SMILES string of the molecule is O=C(COc1ccc(Cl)c2cccnc12)Nc1ccc(N2CCOC2=O)cc1. The second kappa shape index (κ2) is 7.74. The van der Waals surface area contributed by atoms with Gasteiger partial charge < -0.3 is 14.8 Å². The Balaban J connectivity index is 1.39. The summed E-state index contributed by atoms with van der Waals surface area (Å²) in [5, 5.41) is 4.09. The summed E-state index contributed by atoms with van der Waals surface area (Å²) in [6, 6.07) is 14.0. The summed E-state index contributed by atoms with van der Waals surface area (Å²) in [7, 11) is 0. The third-order valence-corrected chi connectivity index (χ3v) is 4.59. The van der Waals surface area contributed by atoms with Crippen LogP contribution in [-0.2, 0) is 9.53 Å². The molecule has 1 fully saturated rings. The van der Waals surface area contributed by atoms with E-state index in [0.29, 0.717) is 35.1 Å². The van der Waals surface area contributed by atoms with Crippen LogP contribution in [0.4, 0.5) is 16.2 Å². The second-order valence-corrected chi connectivity index (χ2v) is 6.50. The van der Waals surface area contributed by atoms with E-state index in [1.807, 2.05) is 6.07 Å². The van der Waals surface area contributed by atoms with Gasteiger partial charge in [-0.2, -0.15) is 0 Å². The number of rotatable bonds is 5. The molecule has 0 saturated carbocycles. The summed E-state index contributed by atoms with van der Waals surface area (Å²) in [6.45, 7) is 0.720. The maximum Gasteiger partial charge on any atom is 0.414 e. The van der Waals surface area contributed by atoms with Gasteiger partial charge in [0.25, 0.3) is 5.91 Å². The second-order valence-electron chi connectivity index (χ2n) is 6.09. The van der Waals surface area contributed by atoms with Crippen LogP contribution in [0, 0.1) is 0 Å². The number of carbonyl (C=O) groups is 2. The predicted octanol–water partition coefficient (Wildman–Crippen LogP) is 3.86. The van der Waals surface area contributed by atoms with Crippen LogP contribution in [0.1, 0.15) is 0 Å². The van der Waals surface area contributed by atoms with Crippen molar-refractivity contribution < 1.29 is 19.1 Å². The highest BCUT2D eigenvalue weighted by molar-refractivity contribution is 6.35. The first kappa shape index (κ1) is 18.1. The first-order valence-corrected chi connectivity index (χ1v) is 9.00. The van der Waals surface area contributed by atoms with Crippen LogP contribution in [0.3, 0.4) is 0 Å². The van der Waals surface area contributed by atoms with Crippen LogP contribution in [-0.4, -0.2) is 36.7 Å². The van der Waals surface area contributed by atoms with E-state index >= 15 is 0 Å². The summed E-state index contributed by atoms with van der Waals surface area (Å²) in [5.74, 6) is 0.172. The van der Waals surface area contributed by atoms with E-state index in [1.165, 1.54) is 4.90 Å². The Kier molecular flexibility index (Phi) is 4.99. The molecular weight excluding hydrogens is 382 g/mol. The number of amides is 2. The van der Waals surface area contributed by atoms with Gasteiger partial charge in [-0.1, -0.05) is 11.6 Å². The van der Waals surface area contributed by atoms with Crippen molar-refractivity contribution in [2.24, 2.45) is 0 Å². The van der Waals surface area contributed by atoms with Crippen LogP contribution in [0.15, 0.2) is 54.7 Å². The number of aromatic nitrogens is 1. The Morgan fingerprint density at radius 2 is 2.04 bits per heavy atom. The number of nitrogens with zero attached hydrogens (tertiary/aromatic N) is 2. The smallest absolute Gasteiger partial charge is 0.414 e. The van der Waals surface area contributed by atoms with Crippen LogP contribution in [0.5, 0.6) is 5.75 Å². The largest absolute Gasteiger partial charge is 0.481 e. The number of nitrogens with one attached hydrogen (secondary N) is 1. The maximum absolute atomic E-state index is 12.2. The molecule has 2 aromatic carbocycles. The lowest BCUT2D eigenvalue weighted by atomic mass is 10.2. The summed E-state index contributed by atoms with van der Waals surface area (Å²) < 4.78 is 10.5. The Hall–Kier alpha value is -3.32. The fourth-order valence-corrected chi connectivity index (χ4v) is 3.14. The number of fused-ring (bicyclic) bond motifs is 1. The predicted molar refractivity (Wildman–Crippen MR) is 106 cm³/mol. The molecule has 28 heavy (non-hydrogen) atoms. The van der Waals surface area contributed by atoms with Crippen molar-refractivity contribution in [2.75, 3.05) is 30.0 Å². The molecule has 1 N–H and O–H groups in total. The molecule has 0 spiro atoms. The van der Waals surface area contributed by atoms with Crippen LogP contribution in [0.2, 0.25) is 5.02 Å². The first-order valence-electron chi connectivity index (χ1n) is 8.62. The standard InChI is InChI=1S/C20H16ClN3O4/c21-16-7-8-17(19-15(16)2-1-9-22-19)28-12-18(25)23-13-3-5-14(6-4-13)24-10-11-27-20(24)26/h1-9H,10-12H2,(H,23,25). The minimum atomic E-state index is -0.367. The average Bonchev–Trinajstić information content (AvgIpc) is 3.14. The van der Waals surface area contributed by atoms with Gasteiger partial charge in [0.15, 0.2) is 6.61 Å². The molecule has 1 saturated heterocycles. The number of carbonyl (C=O) groups excluding carboxylic acids is 2. The molecule has 0 aliphatic carbocycles. The van der Waals surface area contributed by atoms with Crippen molar-refractivity contribution in [3.63, 3.8) is 0 Å². The Morgan fingerprint density at radius 1 is 1.21 bits per heavy atom. The minimum absolute atomic E-state index is 0.173. The quantitative estimate of drug-likeness (QED) is 0.707. The number of pyridine rings is 1. The molecule has 0 atom stereocenters. The molecule has 142 valence electrons. The Morgan fingerprint density at radius 3 is 2.79 bits per heavy atom. The number of ether oxygens (including phenoxy) is 2. The lowest BCUT2D eigenvalue weighted by Gasteiger charge is -2.13. The lowest BCUT2D eigenvalue weighted by molar-refractivity contribution is -0.118. The van der Waals surface area contributed by atoms with E-state index in [-0.39, 0.29) is 18.6 Å². The van der Waals surface area contributed by atoms with Crippen molar-refractivity contribution in [1.29, 1.82) is 0 Å². The molecule has 7 nitrogen and oxygen atoms in total. The molecule has 2 amide bonds. The van der Waals surface area contributed by atoms with Crippen molar-refractivity contribution in [1.82, 2.24) is 4.98 Å². The maximum atomic E-state index is 12.2. The molecular formula is C20H16ClN3O4. The zero-order chi connectivity index (χ0) is 19.5. The summed E-state index contributed by atoms with van der Waals surface area (Å²) in [4.78, 5) is 29.6. The van der Waals surface area contributed by atoms with E-state index < -0.39 is 0 Å². The van der Waals surface area contributed by atoms with Gasteiger partial charge in [-0.15, -0.1) is 0 Å². The molecule has 4 rings (SSSR count). The normalized spacial score (nSPS) is 13.5. The van der Waals surface area contributed by atoms with Gasteiger partial charge in [0.2, 0.25) is 0 Å². The molecule has 0 radical (unpaired) electrons. The van der Waals surface area contributed by atoms with Crippen LogP contribution >= 0.6 is 11.6 Å². The zero-order valence-corrected chi connectivity index (χ0v) is 15.5. The van der Waals surface area contributed by atoms with Crippen molar-refractivity contribution in [3.05, 3.63) is 59.8 Å². The number of benzene rings is 2. The number of halogens is 1. The summed E-state index contributed by atoms with van der Waals surface area (Å²) in [6.07, 6.45) is 1.28. The third kappa shape index (κ3) is 3.70. The molecule has 3 aromatic rings. The van der Waals surface area contributed by atoms with E-state index in [9.17, 15) is 9.59 Å². The van der Waals surface area contributed by atoms with E-state index in [2.05, 4.69) is 10.3 Å². The van der Waals surface area contributed by atoms with E-state index in [0.717, 1.165) is 11.1 Å². The number of hydrogen-bond donors (Lipinski definition) is 1. The highest BCUT2D eigenvalue weighted by Gasteiger charge is 2.23. The first-order chi connectivity index (χ1) is 13.6. The fraction of sp³-hybridized carbons (Fsp3) is 0.150. The van der Waals surface area contributed by atoms with Gasteiger partial charge in [0, 0.05) is 23.0 Å². The highest BCUT2D eigenvalue weighted by atomic mass is 35.5. The van der Waals surface area contributed by atoms with Crippen molar-refractivity contribution >= 4 is 45.9 Å². The summed E-state index contributed by atoms with van der Waals surface area (Å²) in [5.41, 5.74) is 1.92. The molecule has 1 aromatic heterocycles. The Bertz CT molecular complexity index is 1040. The molecule has 8 heteroatoms. The number of anilines is 2. The van der Waals surface area contributed by atoms with Crippen LogP contribution < -0.4 is 15.0 Å². The highest BCUT2D eigenvalue weighted by Crippen LogP contribution is 2.29. The van der Waals surface area contributed by atoms with Gasteiger partial charge in [0.05, 0.1) is 11.6 Å². The molecule has 0 unspecified atom stereocenters. The third-order valence-electron chi connectivity index (χ3n) is 4.26. The number of hydrogen-bond acceptors (Lipinski definition) is 5. The van der Waals surface area contributed by atoms with E-state index in [4.69, 9.17) is 21.1 Å². The lowest BCUT2D eigenvalue weighted by Crippen LogP contribution is -2.23. The van der Waals surface area contributed by atoms with Crippen molar-refractivity contribution in [2.45, 2.75) is 0 Å². The van der Waals surface area contributed by atoms with Gasteiger partial charge in [-0.05, 0) is 48.5 Å². The average molecular weight is 398 g/mol. The number of cyclic esters (lactones) is 1. The topological polar surface area (TPSA) is 80.8 Å². The molecule has 2 heterocycles. The summed E-state index contributed by atoms with van der Waals surface area (Å²) >= 11 is 6.16. The van der Waals surface area contributed by atoms with Gasteiger partial charge in [-0.3, -0.25) is 14.7 Å². The zero-order valence-electron chi connectivity index (χ0n) is 14.7.